The third-order valence-corrected chi connectivity index (χ3v) is 2.96. The molecule has 1 aliphatic rings. The monoisotopic (exact) mass is 234 g/mol. The highest BCUT2D eigenvalue weighted by atomic mass is 16.5. The minimum absolute atomic E-state index is 0.194. The molecule has 4 heteroatoms. The van der Waals surface area contributed by atoms with E-state index in [0.29, 0.717) is 6.42 Å². The van der Waals surface area contributed by atoms with Crippen LogP contribution in [0.4, 0.5) is 0 Å². The second-order valence-electron chi connectivity index (χ2n) is 4.16. The van der Waals surface area contributed by atoms with Crippen molar-refractivity contribution in [1.29, 1.82) is 0 Å². The highest BCUT2D eigenvalue weighted by Gasteiger charge is 2.16. The maximum atomic E-state index is 12.0. The first-order chi connectivity index (χ1) is 8.29. The summed E-state index contributed by atoms with van der Waals surface area (Å²) in [4.78, 5) is 13.9. The fourth-order valence-corrected chi connectivity index (χ4v) is 1.98. The molecular formula is C13H18N2O2. The Morgan fingerprint density at radius 1 is 1.41 bits per heavy atom. The van der Waals surface area contributed by atoms with E-state index in [1.54, 1.807) is 7.11 Å². The van der Waals surface area contributed by atoms with E-state index < -0.39 is 0 Å². The first-order valence-corrected chi connectivity index (χ1v) is 5.91. The van der Waals surface area contributed by atoms with Crippen LogP contribution in [-0.2, 0) is 11.2 Å². The van der Waals surface area contributed by atoms with Crippen molar-refractivity contribution in [2.75, 3.05) is 33.3 Å². The molecule has 1 fully saturated rings. The fraction of sp³-hybridized carbons (Fsp3) is 0.462. The van der Waals surface area contributed by atoms with Gasteiger partial charge in [-0.25, -0.2) is 0 Å². The molecule has 0 unspecified atom stereocenters. The molecule has 2 rings (SSSR count). The second-order valence-corrected chi connectivity index (χ2v) is 4.16. The summed E-state index contributed by atoms with van der Waals surface area (Å²) in [6, 6.07) is 7.68. The standard InChI is InChI=1S/C13H18N2O2/c1-17-12-4-2-3-11(9-12)10-13(16)15-7-5-14-6-8-15/h2-4,9,14H,5-8,10H2,1H3. The Bertz CT molecular complexity index is 387. The molecule has 4 nitrogen and oxygen atoms in total. The van der Waals surface area contributed by atoms with Gasteiger partial charge in [-0.3, -0.25) is 4.79 Å². The van der Waals surface area contributed by atoms with E-state index in [1.807, 2.05) is 29.2 Å². The van der Waals surface area contributed by atoms with E-state index in [9.17, 15) is 4.79 Å². The molecule has 1 aromatic rings. The molecule has 0 aromatic heterocycles. The topological polar surface area (TPSA) is 41.6 Å². The number of amides is 1. The van der Waals surface area contributed by atoms with Crippen LogP contribution in [0.25, 0.3) is 0 Å². The number of hydrogen-bond donors (Lipinski definition) is 1. The van der Waals surface area contributed by atoms with Gasteiger partial charge in [0.05, 0.1) is 13.5 Å². The maximum absolute atomic E-state index is 12.0. The van der Waals surface area contributed by atoms with Crippen LogP contribution in [0.3, 0.4) is 0 Å². The van der Waals surface area contributed by atoms with Crippen molar-refractivity contribution in [3.05, 3.63) is 29.8 Å². The third-order valence-electron chi connectivity index (χ3n) is 2.96. The van der Waals surface area contributed by atoms with Crippen LogP contribution in [0.1, 0.15) is 5.56 Å². The third kappa shape index (κ3) is 3.20. The van der Waals surface area contributed by atoms with Gasteiger partial charge in [0.1, 0.15) is 5.75 Å². The highest BCUT2D eigenvalue weighted by molar-refractivity contribution is 5.79. The van der Waals surface area contributed by atoms with Crippen LogP contribution >= 0.6 is 0 Å². The zero-order chi connectivity index (χ0) is 12.1. The van der Waals surface area contributed by atoms with E-state index in [1.165, 1.54) is 0 Å². The summed E-state index contributed by atoms with van der Waals surface area (Å²) >= 11 is 0. The lowest BCUT2D eigenvalue weighted by molar-refractivity contribution is -0.131. The summed E-state index contributed by atoms with van der Waals surface area (Å²) in [5, 5.41) is 3.24. The molecule has 1 N–H and O–H groups in total. The molecule has 17 heavy (non-hydrogen) atoms. The minimum Gasteiger partial charge on any atom is -0.497 e. The van der Waals surface area contributed by atoms with Crippen molar-refractivity contribution in [3.63, 3.8) is 0 Å². The molecule has 1 saturated heterocycles. The Hall–Kier alpha value is -1.55. The van der Waals surface area contributed by atoms with Crippen molar-refractivity contribution < 1.29 is 9.53 Å². The summed E-state index contributed by atoms with van der Waals surface area (Å²) in [5.74, 6) is 0.996. The summed E-state index contributed by atoms with van der Waals surface area (Å²) in [6.45, 7) is 3.40. The second kappa shape index (κ2) is 5.68. The van der Waals surface area contributed by atoms with Gasteiger partial charge < -0.3 is 15.0 Å². The van der Waals surface area contributed by atoms with Crippen LogP contribution in [-0.4, -0.2) is 44.1 Å². The van der Waals surface area contributed by atoms with Crippen molar-refractivity contribution in [1.82, 2.24) is 10.2 Å². The Kier molecular flexibility index (Phi) is 3.98. The number of nitrogens with zero attached hydrogens (tertiary/aromatic N) is 1. The number of benzene rings is 1. The fourth-order valence-electron chi connectivity index (χ4n) is 1.98. The zero-order valence-corrected chi connectivity index (χ0v) is 10.1. The number of carbonyl (C=O) groups is 1. The van der Waals surface area contributed by atoms with Gasteiger partial charge in [-0.1, -0.05) is 12.1 Å². The van der Waals surface area contributed by atoms with Gasteiger partial charge >= 0.3 is 0 Å². The molecule has 0 aliphatic carbocycles. The number of ether oxygens (including phenoxy) is 1. The zero-order valence-electron chi connectivity index (χ0n) is 10.1. The first-order valence-electron chi connectivity index (χ1n) is 5.91. The largest absolute Gasteiger partial charge is 0.497 e. The van der Waals surface area contributed by atoms with Gasteiger partial charge in [-0.15, -0.1) is 0 Å². The molecule has 0 bridgehead atoms. The number of methoxy groups -OCH3 is 1. The summed E-state index contributed by atoms with van der Waals surface area (Å²) < 4.78 is 5.15. The Balaban J connectivity index is 1.96. The molecular weight excluding hydrogens is 216 g/mol. The van der Waals surface area contributed by atoms with Gasteiger partial charge in [0.25, 0.3) is 0 Å². The van der Waals surface area contributed by atoms with Crippen molar-refractivity contribution in [2.24, 2.45) is 0 Å². The maximum Gasteiger partial charge on any atom is 0.227 e. The summed E-state index contributed by atoms with van der Waals surface area (Å²) in [6.07, 6.45) is 0.456. The number of carbonyl (C=O) groups excluding carboxylic acids is 1. The van der Waals surface area contributed by atoms with Crippen molar-refractivity contribution in [2.45, 2.75) is 6.42 Å². The number of piperazine rings is 1. The van der Waals surface area contributed by atoms with E-state index in [2.05, 4.69) is 5.32 Å². The molecule has 0 saturated carbocycles. The molecule has 0 radical (unpaired) electrons. The van der Waals surface area contributed by atoms with Crippen LogP contribution in [0.5, 0.6) is 5.75 Å². The lowest BCUT2D eigenvalue weighted by Gasteiger charge is -2.27. The molecule has 1 heterocycles. The van der Waals surface area contributed by atoms with Crippen LogP contribution in [0.15, 0.2) is 24.3 Å². The van der Waals surface area contributed by atoms with E-state index in [4.69, 9.17) is 4.74 Å². The summed E-state index contributed by atoms with van der Waals surface area (Å²) in [5.41, 5.74) is 1.01. The lowest BCUT2D eigenvalue weighted by atomic mass is 10.1. The minimum atomic E-state index is 0.194. The number of nitrogens with one attached hydrogen (secondary N) is 1. The average Bonchev–Trinajstić information content (AvgIpc) is 2.40. The predicted octanol–water partition coefficient (Wildman–Crippen LogP) is 0.669. The smallest absolute Gasteiger partial charge is 0.227 e. The van der Waals surface area contributed by atoms with E-state index in [0.717, 1.165) is 37.5 Å². The van der Waals surface area contributed by atoms with Gasteiger partial charge in [0.2, 0.25) is 5.91 Å². The molecule has 0 atom stereocenters. The Morgan fingerprint density at radius 2 is 2.18 bits per heavy atom. The lowest BCUT2D eigenvalue weighted by Crippen LogP contribution is -2.46. The van der Waals surface area contributed by atoms with Crippen LogP contribution in [0.2, 0.25) is 0 Å². The number of rotatable bonds is 3. The van der Waals surface area contributed by atoms with Gasteiger partial charge in [0, 0.05) is 26.2 Å². The molecule has 1 aromatic carbocycles. The predicted molar refractivity (Wildman–Crippen MR) is 66.1 cm³/mol. The van der Waals surface area contributed by atoms with Crippen molar-refractivity contribution in [3.8, 4) is 5.75 Å². The number of hydrogen-bond acceptors (Lipinski definition) is 3. The Morgan fingerprint density at radius 3 is 2.88 bits per heavy atom. The van der Waals surface area contributed by atoms with Gasteiger partial charge in [-0.2, -0.15) is 0 Å². The van der Waals surface area contributed by atoms with Crippen LogP contribution in [0, 0.1) is 0 Å². The normalized spacial score (nSPS) is 15.7. The molecule has 1 aliphatic heterocycles. The van der Waals surface area contributed by atoms with Crippen LogP contribution < -0.4 is 10.1 Å². The molecule has 1 amide bonds. The van der Waals surface area contributed by atoms with Gasteiger partial charge in [0.15, 0.2) is 0 Å². The first kappa shape index (κ1) is 11.9. The SMILES string of the molecule is COc1cccc(CC(=O)N2CCNCC2)c1. The van der Waals surface area contributed by atoms with E-state index in [-0.39, 0.29) is 5.91 Å². The summed E-state index contributed by atoms with van der Waals surface area (Å²) in [7, 11) is 1.64. The Labute approximate surface area is 102 Å². The van der Waals surface area contributed by atoms with Gasteiger partial charge in [-0.05, 0) is 17.7 Å². The molecule has 0 spiro atoms. The molecule has 92 valence electrons. The average molecular weight is 234 g/mol. The van der Waals surface area contributed by atoms with Crippen molar-refractivity contribution >= 4 is 5.91 Å². The van der Waals surface area contributed by atoms with E-state index >= 15 is 0 Å². The highest BCUT2D eigenvalue weighted by Crippen LogP contribution is 2.13. The quantitative estimate of drug-likeness (QED) is 0.835.